The van der Waals surface area contributed by atoms with Crippen LogP contribution in [0.25, 0.3) is 11.2 Å². The minimum atomic E-state index is -4.32. The van der Waals surface area contributed by atoms with Crippen molar-refractivity contribution in [3.05, 3.63) is 16.8 Å². The number of methoxy groups -OCH3 is 1. The minimum Gasteiger partial charge on any atom is -0.479 e. The van der Waals surface area contributed by atoms with Crippen molar-refractivity contribution in [3.63, 3.8) is 0 Å². The van der Waals surface area contributed by atoms with E-state index in [4.69, 9.17) is 23.5 Å². The van der Waals surface area contributed by atoms with Crippen LogP contribution in [-0.4, -0.2) is 98.5 Å². The van der Waals surface area contributed by atoms with Crippen LogP contribution in [0.3, 0.4) is 0 Å². The number of rotatable bonds is 15. The van der Waals surface area contributed by atoms with Crippen molar-refractivity contribution >= 4 is 30.8 Å². The first-order valence-electron chi connectivity index (χ1n) is 14.3. The zero-order chi connectivity index (χ0) is 33.0. The summed E-state index contributed by atoms with van der Waals surface area (Å²) in [5.41, 5.74) is -2.42. The van der Waals surface area contributed by atoms with Gasteiger partial charge in [-0.25, -0.2) is 20.0 Å². The number of carbonyl (C=O) groups excluding carboxylic acids is 2. The Morgan fingerprint density at radius 2 is 1.68 bits per heavy atom. The Bertz CT molecular complexity index is 1370. The van der Waals surface area contributed by atoms with Gasteiger partial charge in [-0.2, -0.15) is 4.98 Å². The monoisotopic (exact) mass is 646 g/mol. The van der Waals surface area contributed by atoms with Crippen LogP contribution in [-0.2, 0) is 32.9 Å². The van der Waals surface area contributed by atoms with E-state index in [0.29, 0.717) is 0 Å². The lowest BCUT2D eigenvalue weighted by Crippen LogP contribution is -2.49. The molecule has 5 N–H and O–H groups in total. The van der Waals surface area contributed by atoms with Gasteiger partial charge in [-0.1, -0.05) is 27.7 Å². The molecule has 0 aliphatic carbocycles. The number of esters is 2. The topological polar surface area (TPSA) is 225 Å². The fourth-order valence-corrected chi connectivity index (χ4v) is 6.80. The Balaban J connectivity index is 1.93. The van der Waals surface area contributed by atoms with Crippen LogP contribution < -0.4 is 20.6 Å². The Morgan fingerprint density at radius 3 is 2.16 bits per heavy atom. The molecule has 0 saturated carbocycles. The standard InChI is InChI=1S/C26H43N6O11P/c1-9-40-22(34)16(13(3)4)30-44(38,31-17(14(5)6)23(35)41-10-2)42-11-15-19(33)26(7,37)24(43-15)32-12-27-18-20(32)28-25(36)29-21(18)39-8/h12-17,19,24,33,37H,9-11H2,1-8H3,(H,28,29,36)(H2,30,31,38)/t15-,16+,17+,19?,24-,26+/m1/s1. The maximum atomic E-state index is 14.3. The van der Waals surface area contributed by atoms with E-state index in [9.17, 15) is 29.2 Å². The molecule has 0 amide bonds. The van der Waals surface area contributed by atoms with Gasteiger partial charge in [0.1, 0.15) is 35.5 Å². The second kappa shape index (κ2) is 14.5. The maximum Gasteiger partial charge on any atom is 0.349 e. The molecule has 1 saturated heterocycles. The van der Waals surface area contributed by atoms with Gasteiger partial charge in [-0.15, -0.1) is 0 Å². The normalized spacial score (nSPS) is 23.7. The molecule has 0 spiro atoms. The van der Waals surface area contributed by atoms with Crippen LogP contribution in [0.4, 0.5) is 0 Å². The number of carbonyl (C=O) groups is 2. The Morgan fingerprint density at radius 1 is 1.14 bits per heavy atom. The van der Waals surface area contributed by atoms with Crippen molar-refractivity contribution < 1.29 is 47.8 Å². The van der Waals surface area contributed by atoms with E-state index in [1.165, 1.54) is 24.9 Å². The van der Waals surface area contributed by atoms with Crippen LogP contribution in [0.1, 0.15) is 54.7 Å². The zero-order valence-electron chi connectivity index (χ0n) is 26.1. The summed E-state index contributed by atoms with van der Waals surface area (Å²) in [5, 5.41) is 27.8. The van der Waals surface area contributed by atoms with Gasteiger partial charge in [0.05, 0.1) is 33.3 Å². The molecule has 1 unspecified atom stereocenters. The Kier molecular flexibility index (Phi) is 11.7. The summed E-state index contributed by atoms with van der Waals surface area (Å²) >= 11 is 0. The molecular formula is C26H43N6O11P. The number of fused-ring (bicyclic) bond motifs is 1. The van der Waals surface area contributed by atoms with E-state index >= 15 is 0 Å². The van der Waals surface area contributed by atoms with E-state index in [2.05, 4.69) is 25.1 Å². The number of aliphatic hydroxyl groups is 2. The van der Waals surface area contributed by atoms with Crippen molar-refractivity contribution in [2.75, 3.05) is 26.9 Å². The quantitative estimate of drug-likeness (QED) is 0.132. The van der Waals surface area contributed by atoms with Crippen LogP contribution >= 0.6 is 7.67 Å². The molecule has 0 aromatic carbocycles. The third kappa shape index (κ3) is 7.65. The predicted octanol–water partition coefficient (Wildman–Crippen LogP) is 0.617. The van der Waals surface area contributed by atoms with Crippen molar-refractivity contribution in [1.82, 2.24) is 29.7 Å². The van der Waals surface area contributed by atoms with Gasteiger partial charge in [0.2, 0.25) is 5.88 Å². The van der Waals surface area contributed by atoms with Gasteiger partial charge >= 0.3 is 25.3 Å². The van der Waals surface area contributed by atoms with Crippen molar-refractivity contribution in [3.8, 4) is 5.88 Å². The number of ether oxygens (including phenoxy) is 4. The van der Waals surface area contributed by atoms with Gasteiger partial charge in [0.15, 0.2) is 11.7 Å². The lowest BCUT2D eigenvalue weighted by atomic mass is 9.96. The van der Waals surface area contributed by atoms with Gasteiger partial charge < -0.3 is 33.7 Å². The summed E-state index contributed by atoms with van der Waals surface area (Å²) in [7, 11) is -3.00. The van der Waals surface area contributed by atoms with Crippen molar-refractivity contribution in [2.24, 2.45) is 11.8 Å². The van der Waals surface area contributed by atoms with Gasteiger partial charge in [0, 0.05) is 0 Å². The van der Waals surface area contributed by atoms with E-state index in [1.54, 1.807) is 41.5 Å². The molecule has 17 nitrogen and oxygen atoms in total. The molecule has 3 heterocycles. The first-order chi connectivity index (χ1) is 20.6. The van der Waals surface area contributed by atoms with E-state index < -0.39 is 79.9 Å². The SMILES string of the molecule is CCOC(=O)[C@@H](NP(=O)(N[C@H](C(=O)OCC)C(C)C)OC[C@H]1O[C@@H](n2cnc3c(OC)nc(=O)[nH]c32)[C@@](C)(O)C1O)C(C)C. The molecule has 1 aliphatic heterocycles. The molecule has 3 rings (SSSR count). The van der Waals surface area contributed by atoms with Crippen LogP contribution in [0.2, 0.25) is 0 Å². The number of hydrogen-bond donors (Lipinski definition) is 5. The summed E-state index contributed by atoms with van der Waals surface area (Å²) in [6, 6.07) is -2.21. The molecule has 2 aromatic heterocycles. The molecule has 1 fully saturated rings. The number of aromatic amines is 1. The smallest absolute Gasteiger partial charge is 0.349 e. The minimum absolute atomic E-state index is 0.0544. The second-order valence-electron chi connectivity index (χ2n) is 11.2. The van der Waals surface area contributed by atoms with Gasteiger partial charge in [0.25, 0.3) is 0 Å². The molecule has 1 aliphatic rings. The first-order valence-corrected chi connectivity index (χ1v) is 15.9. The number of nitrogens with one attached hydrogen (secondary N) is 3. The fourth-order valence-electron chi connectivity index (χ4n) is 4.68. The highest BCUT2D eigenvalue weighted by Crippen LogP contribution is 2.45. The molecule has 0 radical (unpaired) electrons. The maximum absolute atomic E-state index is 14.3. The summed E-state index contributed by atoms with van der Waals surface area (Å²) in [5.74, 6) is -2.24. The largest absolute Gasteiger partial charge is 0.479 e. The third-order valence-electron chi connectivity index (χ3n) is 7.08. The number of imidazole rings is 1. The molecule has 18 heteroatoms. The van der Waals surface area contributed by atoms with Gasteiger partial charge in [-0.3, -0.25) is 23.7 Å². The highest BCUT2D eigenvalue weighted by molar-refractivity contribution is 7.54. The summed E-state index contributed by atoms with van der Waals surface area (Å²) in [4.78, 5) is 48.0. The molecule has 44 heavy (non-hydrogen) atoms. The zero-order valence-corrected chi connectivity index (χ0v) is 27.0. The van der Waals surface area contributed by atoms with Crippen LogP contribution in [0, 0.1) is 11.8 Å². The summed E-state index contributed by atoms with van der Waals surface area (Å²) in [6.45, 7) is 11.0. The van der Waals surface area contributed by atoms with Crippen LogP contribution in [0.15, 0.2) is 11.1 Å². The lowest BCUT2D eigenvalue weighted by molar-refractivity contribution is -0.146. The average molecular weight is 647 g/mol. The number of aliphatic hydroxyl groups excluding tert-OH is 1. The molecular weight excluding hydrogens is 603 g/mol. The molecule has 6 atom stereocenters. The van der Waals surface area contributed by atoms with E-state index in [1.807, 2.05) is 0 Å². The highest BCUT2D eigenvalue weighted by Gasteiger charge is 2.54. The average Bonchev–Trinajstić information content (AvgIpc) is 3.46. The lowest BCUT2D eigenvalue weighted by Gasteiger charge is -2.31. The predicted molar refractivity (Wildman–Crippen MR) is 156 cm³/mol. The molecule has 0 bridgehead atoms. The third-order valence-corrected chi connectivity index (χ3v) is 8.83. The van der Waals surface area contributed by atoms with Gasteiger partial charge in [-0.05, 0) is 32.6 Å². The van der Waals surface area contributed by atoms with Crippen LogP contribution in [0.5, 0.6) is 5.88 Å². The highest BCUT2D eigenvalue weighted by atomic mass is 31.2. The van der Waals surface area contributed by atoms with Crippen molar-refractivity contribution in [1.29, 1.82) is 0 Å². The molecule has 248 valence electrons. The first kappa shape index (κ1) is 35.6. The molecule has 2 aromatic rings. The van der Waals surface area contributed by atoms with E-state index in [0.717, 1.165) is 0 Å². The second-order valence-corrected chi connectivity index (χ2v) is 13.0. The Labute approximate surface area is 254 Å². The Hall–Kier alpha value is -2.92. The number of hydrogen-bond acceptors (Lipinski definition) is 13. The van der Waals surface area contributed by atoms with E-state index in [-0.39, 0.29) is 30.3 Å². The van der Waals surface area contributed by atoms with Crippen molar-refractivity contribution in [2.45, 2.75) is 84.6 Å². The number of nitrogens with zero attached hydrogens (tertiary/aromatic N) is 3. The fraction of sp³-hybridized carbons (Fsp3) is 0.731. The summed E-state index contributed by atoms with van der Waals surface area (Å²) in [6.07, 6.45) is -2.90. The number of H-pyrrole nitrogens is 1. The number of aromatic nitrogens is 4. The summed E-state index contributed by atoms with van der Waals surface area (Å²) < 4.78 is 42.8.